The molecule has 0 saturated heterocycles. The third kappa shape index (κ3) is 6.28. The summed E-state index contributed by atoms with van der Waals surface area (Å²) in [6, 6.07) is 10.7. The van der Waals surface area contributed by atoms with E-state index in [1.54, 1.807) is 44.3 Å². The molecule has 0 aliphatic carbocycles. The number of hydrogen-bond donors (Lipinski definition) is 0. The van der Waals surface area contributed by atoms with E-state index in [4.69, 9.17) is 19.2 Å². The van der Waals surface area contributed by atoms with Crippen molar-refractivity contribution in [2.45, 2.75) is 53.1 Å². The first kappa shape index (κ1) is 26.4. The van der Waals surface area contributed by atoms with Crippen LogP contribution in [0.3, 0.4) is 0 Å². The number of carbonyl (C=O) groups is 1. The second kappa shape index (κ2) is 12.0. The number of carbonyl (C=O) groups excluding carboxylic acids is 1. The summed E-state index contributed by atoms with van der Waals surface area (Å²) in [7, 11) is 0. The van der Waals surface area contributed by atoms with E-state index in [-0.39, 0.29) is 18.1 Å². The lowest BCUT2D eigenvalue weighted by Gasteiger charge is -2.17. The van der Waals surface area contributed by atoms with Crippen LogP contribution in [0.1, 0.15) is 58.3 Å². The van der Waals surface area contributed by atoms with Crippen LogP contribution in [0.4, 0.5) is 0 Å². The van der Waals surface area contributed by atoms with Crippen LogP contribution in [0.2, 0.25) is 0 Å². The maximum absolute atomic E-state index is 13.3. The number of benzene rings is 2. The van der Waals surface area contributed by atoms with Crippen molar-refractivity contribution in [3.63, 3.8) is 0 Å². The Kier molecular flexibility index (Phi) is 9.03. The molecule has 0 amide bonds. The number of esters is 1. The van der Waals surface area contributed by atoms with E-state index in [0.29, 0.717) is 40.4 Å². The number of halogens is 1. The van der Waals surface area contributed by atoms with Crippen LogP contribution in [0, 0.1) is 0 Å². The van der Waals surface area contributed by atoms with Gasteiger partial charge in [-0.3, -0.25) is 4.79 Å². The molecule has 0 aliphatic rings. The van der Waals surface area contributed by atoms with Crippen LogP contribution in [0.15, 0.2) is 50.8 Å². The normalized spacial score (nSPS) is 13.1. The molecule has 0 bridgehead atoms. The topological polar surface area (TPSA) is 92.0 Å². The lowest BCUT2D eigenvalue weighted by Crippen LogP contribution is -2.26. The fraction of sp³-hybridized carbons (Fsp3) is 0.385. The summed E-state index contributed by atoms with van der Waals surface area (Å²) >= 11 is 3.42. The molecule has 0 fully saturated rings. The average molecular weight is 544 g/mol. The zero-order chi connectivity index (χ0) is 25.5. The van der Waals surface area contributed by atoms with Crippen LogP contribution in [-0.4, -0.2) is 41.2 Å². The summed E-state index contributed by atoms with van der Waals surface area (Å²) in [4.78, 5) is 30.0. The highest BCUT2D eigenvalue weighted by Gasteiger charge is 2.19. The molecule has 0 saturated carbocycles. The Hall–Kier alpha value is -3.20. The standard InChI is InChI=1S/C26H30BrN3O5/c1-6-16(4)24-29-21-11-10-19(27)14-20(21)25(31)30(24)28-15-18-9-12-22(23(13-18)33-7-2)35-17(5)26(32)34-8-3/h9-17H,6-8H2,1-5H3/t16-,17+/m0/s1. The van der Waals surface area contributed by atoms with Crippen molar-refractivity contribution in [1.29, 1.82) is 0 Å². The van der Waals surface area contributed by atoms with Gasteiger partial charge in [-0.15, -0.1) is 0 Å². The average Bonchev–Trinajstić information content (AvgIpc) is 2.84. The van der Waals surface area contributed by atoms with Crippen LogP contribution >= 0.6 is 15.9 Å². The van der Waals surface area contributed by atoms with Gasteiger partial charge >= 0.3 is 5.97 Å². The highest BCUT2D eigenvalue weighted by molar-refractivity contribution is 9.10. The largest absolute Gasteiger partial charge is 0.490 e. The molecule has 9 heteroatoms. The van der Waals surface area contributed by atoms with E-state index in [2.05, 4.69) is 21.0 Å². The first-order chi connectivity index (χ1) is 16.8. The number of rotatable bonds is 10. The molecule has 35 heavy (non-hydrogen) atoms. The minimum Gasteiger partial charge on any atom is -0.490 e. The Morgan fingerprint density at radius 3 is 2.57 bits per heavy atom. The Labute approximate surface area is 213 Å². The lowest BCUT2D eigenvalue weighted by molar-refractivity contribution is -0.150. The third-order valence-corrected chi connectivity index (χ3v) is 5.89. The molecule has 0 aliphatic heterocycles. The molecule has 3 aromatic rings. The van der Waals surface area contributed by atoms with E-state index >= 15 is 0 Å². The molecule has 2 aromatic carbocycles. The SMILES string of the molecule is CCOC(=O)[C@@H](C)Oc1ccc(C=Nn2c([C@@H](C)CC)nc3ccc(Br)cc3c2=O)cc1OCC. The highest BCUT2D eigenvalue weighted by Crippen LogP contribution is 2.29. The van der Waals surface area contributed by atoms with Crippen LogP contribution in [0.5, 0.6) is 11.5 Å². The van der Waals surface area contributed by atoms with Gasteiger partial charge < -0.3 is 14.2 Å². The van der Waals surface area contributed by atoms with Gasteiger partial charge in [0.05, 0.1) is 30.3 Å². The molecule has 0 N–H and O–H groups in total. The first-order valence-electron chi connectivity index (χ1n) is 11.7. The minimum atomic E-state index is -0.784. The summed E-state index contributed by atoms with van der Waals surface area (Å²) in [5.74, 6) is 1.05. The van der Waals surface area contributed by atoms with Crippen molar-refractivity contribution in [1.82, 2.24) is 9.66 Å². The fourth-order valence-electron chi connectivity index (χ4n) is 3.37. The number of fused-ring (bicyclic) bond motifs is 1. The predicted octanol–water partition coefficient (Wildman–Crippen LogP) is 5.28. The van der Waals surface area contributed by atoms with Gasteiger partial charge in [0.25, 0.3) is 5.56 Å². The second-order valence-corrected chi connectivity index (χ2v) is 8.87. The molecule has 1 heterocycles. The van der Waals surface area contributed by atoms with E-state index in [0.717, 1.165) is 10.9 Å². The smallest absolute Gasteiger partial charge is 0.347 e. The van der Waals surface area contributed by atoms with Crippen LogP contribution in [-0.2, 0) is 9.53 Å². The fourth-order valence-corrected chi connectivity index (χ4v) is 3.73. The quantitative estimate of drug-likeness (QED) is 0.255. The molecule has 0 radical (unpaired) electrons. The van der Waals surface area contributed by atoms with Gasteiger partial charge in [0.1, 0.15) is 5.82 Å². The summed E-state index contributed by atoms with van der Waals surface area (Å²) in [5.41, 5.74) is 1.09. The molecule has 2 atom stereocenters. The number of ether oxygens (including phenoxy) is 3. The molecule has 8 nitrogen and oxygen atoms in total. The van der Waals surface area contributed by atoms with Crippen molar-refractivity contribution in [3.8, 4) is 11.5 Å². The summed E-state index contributed by atoms with van der Waals surface area (Å²) < 4.78 is 18.6. The molecule has 1 aromatic heterocycles. The van der Waals surface area contributed by atoms with Crippen LogP contribution < -0.4 is 15.0 Å². The highest BCUT2D eigenvalue weighted by atomic mass is 79.9. The van der Waals surface area contributed by atoms with E-state index in [9.17, 15) is 9.59 Å². The second-order valence-electron chi connectivity index (χ2n) is 7.95. The lowest BCUT2D eigenvalue weighted by atomic mass is 10.1. The van der Waals surface area contributed by atoms with E-state index < -0.39 is 12.1 Å². The summed E-state index contributed by atoms with van der Waals surface area (Å²) in [6.07, 6.45) is 1.61. The van der Waals surface area contributed by atoms with Crippen molar-refractivity contribution >= 4 is 39.0 Å². The van der Waals surface area contributed by atoms with Gasteiger partial charge in [0.2, 0.25) is 0 Å². The predicted molar refractivity (Wildman–Crippen MR) is 140 cm³/mol. The van der Waals surface area contributed by atoms with Crippen molar-refractivity contribution in [2.24, 2.45) is 5.10 Å². The maximum atomic E-state index is 13.3. The molecule has 186 valence electrons. The van der Waals surface area contributed by atoms with Gasteiger partial charge in [-0.2, -0.15) is 9.78 Å². The monoisotopic (exact) mass is 543 g/mol. The number of nitrogens with zero attached hydrogens (tertiary/aromatic N) is 3. The summed E-state index contributed by atoms with van der Waals surface area (Å²) in [5, 5.41) is 4.98. The van der Waals surface area contributed by atoms with Gasteiger partial charge in [0.15, 0.2) is 17.6 Å². The summed E-state index contributed by atoms with van der Waals surface area (Å²) in [6.45, 7) is 9.97. The van der Waals surface area contributed by atoms with Gasteiger partial charge in [-0.05, 0) is 69.2 Å². The Balaban J connectivity index is 2.00. The van der Waals surface area contributed by atoms with E-state index in [1.165, 1.54) is 4.68 Å². The zero-order valence-corrected chi connectivity index (χ0v) is 22.2. The molecule has 0 unspecified atom stereocenters. The molecular formula is C26H30BrN3O5. The molecule has 3 rings (SSSR count). The Bertz CT molecular complexity index is 1290. The maximum Gasteiger partial charge on any atom is 0.347 e. The zero-order valence-electron chi connectivity index (χ0n) is 20.6. The minimum absolute atomic E-state index is 0.0343. The number of aromatic nitrogens is 2. The van der Waals surface area contributed by atoms with Crippen molar-refractivity contribution in [3.05, 3.63) is 62.6 Å². The van der Waals surface area contributed by atoms with Crippen molar-refractivity contribution in [2.75, 3.05) is 13.2 Å². The van der Waals surface area contributed by atoms with E-state index in [1.807, 2.05) is 32.9 Å². The third-order valence-electron chi connectivity index (χ3n) is 5.40. The first-order valence-corrected chi connectivity index (χ1v) is 12.4. The Morgan fingerprint density at radius 1 is 1.11 bits per heavy atom. The van der Waals surface area contributed by atoms with Gasteiger partial charge in [-0.25, -0.2) is 9.78 Å². The molecule has 0 spiro atoms. The Morgan fingerprint density at radius 2 is 1.89 bits per heavy atom. The number of hydrogen-bond acceptors (Lipinski definition) is 7. The van der Waals surface area contributed by atoms with Gasteiger partial charge in [-0.1, -0.05) is 29.8 Å². The van der Waals surface area contributed by atoms with Crippen LogP contribution in [0.25, 0.3) is 10.9 Å². The molecular weight excluding hydrogens is 514 g/mol. The van der Waals surface area contributed by atoms with Crippen molar-refractivity contribution < 1.29 is 19.0 Å². The van der Waals surface area contributed by atoms with Gasteiger partial charge in [0, 0.05) is 10.4 Å².